The van der Waals surface area contributed by atoms with Crippen LogP contribution >= 0.6 is 0 Å². The first-order valence-corrected chi connectivity index (χ1v) is 7.92. The molecular weight excluding hydrogens is 310 g/mol. The van der Waals surface area contributed by atoms with E-state index in [9.17, 15) is 9.59 Å². The van der Waals surface area contributed by atoms with Gasteiger partial charge in [0.25, 0.3) is 0 Å². The maximum atomic E-state index is 12.6. The van der Waals surface area contributed by atoms with Gasteiger partial charge in [0.2, 0.25) is 11.8 Å². The zero-order chi connectivity index (χ0) is 17.9. The van der Waals surface area contributed by atoms with Crippen molar-refractivity contribution in [3.63, 3.8) is 0 Å². The van der Waals surface area contributed by atoms with Crippen LogP contribution in [0.5, 0.6) is 11.5 Å². The molecule has 2 N–H and O–H groups in total. The molecule has 7 heteroatoms. The maximum absolute atomic E-state index is 12.6. The summed E-state index contributed by atoms with van der Waals surface area (Å²) in [7, 11) is 4.83. The number of ether oxygens (including phenoxy) is 2. The number of amides is 2. The van der Waals surface area contributed by atoms with Crippen LogP contribution in [0.4, 0.5) is 5.69 Å². The number of likely N-dealkylation sites (N-methyl/N-ethyl adjacent to an activating group) is 1. The van der Waals surface area contributed by atoms with Crippen molar-refractivity contribution in [2.75, 3.05) is 39.3 Å². The van der Waals surface area contributed by atoms with Crippen LogP contribution in [0.15, 0.2) is 18.2 Å². The predicted molar refractivity (Wildman–Crippen MR) is 91.3 cm³/mol. The van der Waals surface area contributed by atoms with Crippen molar-refractivity contribution in [1.82, 2.24) is 4.90 Å². The highest BCUT2D eigenvalue weighted by Crippen LogP contribution is 2.36. The summed E-state index contributed by atoms with van der Waals surface area (Å²) >= 11 is 0. The molecule has 2 atom stereocenters. The Bertz CT molecular complexity index is 620. The van der Waals surface area contributed by atoms with Gasteiger partial charge in [0.15, 0.2) is 0 Å². The molecule has 24 heavy (non-hydrogen) atoms. The topological polar surface area (TPSA) is 85.1 Å². The summed E-state index contributed by atoms with van der Waals surface area (Å²) < 4.78 is 10.5. The quantitative estimate of drug-likeness (QED) is 0.833. The molecule has 2 unspecified atom stereocenters. The summed E-state index contributed by atoms with van der Waals surface area (Å²) in [5.41, 5.74) is 6.27. The van der Waals surface area contributed by atoms with E-state index < -0.39 is 0 Å². The molecule has 1 saturated heterocycles. The van der Waals surface area contributed by atoms with E-state index in [1.54, 1.807) is 42.2 Å². The van der Waals surface area contributed by atoms with Crippen molar-refractivity contribution in [1.29, 1.82) is 0 Å². The van der Waals surface area contributed by atoms with Gasteiger partial charge in [0.05, 0.1) is 25.8 Å². The molecule has 2 rings (SSSR count). The number of hydrogen-bond acceptors (Lipinski definition) is 5. The lowest BCUT2D eigenvalue weighted by Gasteiger charge is -2.26. The molecule has 0 aromatic heterocycles. The van der Waals surface area contributed by atoms with Crippen molar-refractivity contribution < 1.29 is 19.1 Å². The fourth-order valence-corrected chi connectivity index (χ4v) is 2.78. The van der Waals surface area contributed by atoms with E-state index in [0.29, 0.717) is 30.3 Å². The molecule has 132 valence electrons. The van der Waals surface area contributed by atoms with Crippen LogP contribution in [0.3, 0.4) is 0 Å². The summed E-state index contributed by atoms with van der Waals surface area (Å²) in [5, 5.41) is 0. The largest absolute Gasteiger partial charge is 0.497 e. The summed E-state index contributed by atoms with van der Waals surface area (Å²) in [4.78, 5) is 28.2. The van der Waals surface area contributed by atoms with Gasteiger partial charge in [0, 0.05) is 38.7 Å². The monoisotopic (exact) mass is 335 g/mol. The molecule has 1 aromatic carbocycles. The van der Waals surface area contributed by atoms with Crippen LogP contribution in [0.1, 0.15) is 13.3 Å². The smallest absolute Gasteiger partial charge is 0.228 e. The Labute approximate surface area is 142 Å². The van der Waals surface area contributed by atoms with E-state index in [1.807, 2.05) is 6.92 Å². The average molecular weight is 335 g/mol. The average Bonchev–Trinajstić information content (AvgIpc) is 3.00. The highest BCUT2D eigenvalue weighted by Gasteiger charge is 2.38. The molecule has 1 heterocycles. The maximum Gasteiger partial charge on any atom is 0.228 e. The fraction of sp³-hybridized carbons (Fsp3) is 0.529. The number of nitrogens with two attached hydrogens (primary N) is 1. The first-order valence-electron chi connectivity index (χ1n) is 7.92. The zero-order valence-corrected chi connectivity index (χ0v) is 14.6. The first-order chi connectivity index (χ1) is 11.4. The van der Waals surface area contributed by atoms with Crippen LogP contribution in [0.2, 0.25) is 0 Å². The molecule has 7 nitrogen and oxygen atoms in total. The van der Waals surface area contributed by atoms with Crippen molar-refractivity contribution in [2.45, 2.75) is 19.4 Å². The standard InChI is InChI=1S/C17H25N3O4/c1-11(9-18)19(2)17(22)12-7-16(21)20(10-12)14-6-5-13(23-3)8-15(14)24-4/h5-6,8,11-12H,7,9-10,18H2,1-4H3. The number of methoxy groups -OCH3 is 2. The molecule has 0 saturated carbocycles. The number of anilines is 1. The van der Waals surface area contributed by atoms with E-state index in [2.05, 4.69) is 0 Å². The Morgan fingerprint density at radius 2 is 2.12 bits per heavy atom. The molecule has 0 bridgehead atoms. The number of nitrogens with zero attached hydrogens (tertiary/aromatic N) is 2. The third kappa shape index (κ3) is 3.46. The fourth-order valence-electron chi connectivity index (χ4n) is 2.78. The minimum atomic E-state index is -0.372. The third-order valence-electron chi connectivity index (χ3n) is 4.50. The molecule has 0 spiro atoms. The normalized spacial score (nSPS) is 18.5. The second-order valence-electron chi connectivity index (χ2n) is 5.98. The molecular formula is C17H25N3O4. The van der Waals surface area contributed by atoms with E-state index >= 15 is 0 Å². The number of carbonyl (C=O) groups is 2. The van der Waals surface area contributed by atoms with Crippen LogP contribution in [-0.4, -0.2) is 57.1 Å². The lowest BCUT2D eigenvalue weighted by molar-refractivity contribution is -0.136. The molecule has 0 aliphatic carbocycles. The summed E-state index contributed by atoms with van der Waals surface area (Å²) in [6, 6.07) is 5.20. The van der Waals surface area contributed by atoms with Crippen molar-refractivity contribution in [3.05, 3.63) is 18.2 Å². The van der Waals surface area contributed by atoms with E-state index in [1.165, 1.54) is 7.11 Å². The van der Waals surface area contributed by atoms with Gasteiger partial charge >= 0.3 is 0 Å². The SMILES string of the molecule is COc1ccc(N2CC(C(=O)N(C)C(C)CN)CC2=O)c(OC)c1. The summed E-state index contributed by atoms with van der Waals surface area (Å²) in [5.74, 6) is 0.663. The van der Waals surface area contributed by atoms with Crippen molar-refractivity contribution >= 4 is 17.5 Å². The van der Waals surface area contributed by atoms with Crippen molar-refractivity contribution in [3.8, 4) is 11.5 Å². The van der Waals surface area contributed by atoms with Crippen LogP contribution in [0, 0.1) is 5.92 Å². The summed E-state index contributed by atoms with van der Waals surface area (Å²) in [6.45, 7) is 2.61. The number of benzene rings is 1. The van der Waals surface area contributed by atoms with Gasteiger partial charge in [-0.25, -0.2) is 0 Å². The predicted octanol–water partition coefficient (Wildman–Crippen LogP) is 0.862. The number of rotatable bonds is 6. The van der Waals surface area contributed by atoms with Gasteiger partial charge in [0.1, 0.15) is 11.5 Å². The van der Waals surface area contributed by atoms with Gasteiger partial charge in [-0.3, -0.25) is 9.59 Å². The van der Waals surface area contributed by atoms with Gasteiger partial charge in [-0.2, -0.15) is 0 Å². The number of carbonyl (C=O) groups excluding carboxylic acids is 2. The zero-order valence-electron chi connectivity index (χ0n) is 14.6. The van der Waals surface area contributed by atoms with E-state index in [4.69, 9.17) is 15.2 Å². The lowest BCUT2D eigenvalue weighted by Crippen LogP contribution is -2.43. The minimum absolute atomic E-state index is 0.0582. The molecule has 1 fully saturated rings. The highest BCUT2D eigenvalue weighted by atomic mass is 16.5. The van der Waals surface area contributed by atoms with Gasteiger partial charge in [-0.15, -0.1) is 0 Å². The number of hydrogen-bond donors (Lipinski definition) is 1. The van der Waals surface area contributed by atoms with E-state index in [-0.39, 0.29) is 30.2 Å². The Balaban J connectivity index is 2.20. The van der Waals surface area contributed by atoms with Crippen LogP contribution in [-0.2, 0) is 9.59 Å². The molecule has 1 aromatic rings. The van der Waals surface area contributed by atoms with Crippen LogP contribution in [0.25, 0.3) is 0 Å². The molecule has 1 aliphatic rings. The molecule has 2 amide bonds. The van der Waals surface area contributed by atoms with Gasteiger partial charge in [-0.05, 0) is 19.1 Å². The van der Waals surface area contributed by atoms with Crippen molar-refractivity contribution in [2.24, 2.45) is 11.7 Å². The van der Waals surface area contributed by atoms with Gasteiger partial charge < -0.3 is 25.0 Å². The Kier molecular flexibility index (Phi) is 5.66. The second kappa shape index (κ2) is 7.53. The second-order valence-corrected chi connectivity index (χ2v) is 5.98. The Morgan fingerprint density at radius 3 is 2.71 bits per heavy atom. The first kappa shape index (κ1) is 18.1. The third-order valence-corrected chi connectivity index (χ3v) is 4.50. The van der Waals surface area contributed by atoms with E-state index in [0.717, 1.165) is 0 Å². The van der Waals surface area contributed by atoms with Gasteiger partial charge in [-0.1, -0.05) is 0 Å². The Hall–Kier alpha value is -2.28. The summed E-state index contributed by atoms with van der Waals surface area (Å²) in [6.07, 6.45) is 0.190. The highest BCUT2D eigenvalue weighted by molar-refractivity contribution is 6.01. The molecule has 1 aliphatic heterocycles. The lowest BCUT2D eigenvalue weighted by atomic mass is 10.1. The molecule has 0 radical (unpaired) electrons. The van der Waals surface area contributed by atoms with Crippen LogP contribution < -0.4 is 20.1 Å². The Morgan fingerprint density at radius 1 is 1.42 bits per heavy atom. The minimum Gasteiger partial charge on any atom is -0.497 e.